The molecule has 0 saturated heterocycles. The van der Waals surface area contributed by atoms with Crippen molar-refractivity contribution in [1.29, 1.82) is 0 Å². The Morgan fingerprint density at radius 1 is 0.578 bits per heavy atom. The topological polar surface area (TPSA) is 119 Å². The van der Waals surface area contributed by atoms with Gasteiger partial charge in [0.25, 0.3) is 0 Å². The monoisotopic (exact) mass is 658 g/mol. The SMILES string of the molecule is CCCCCC/C=C/C=C/CCCCCCCC(=O)O[C@H](COC(=O)CCCCCCCCCCCCCC)COP(=O)(O)O. The summed E-state index contributed by atoms with van der Waals surface area (Å²) in [5.74, 6) is -0.900. The number of unbranched alkanes of at least 4 members (excludes halogenated alkanes) is 20. The fourth-order valence-corrected chi connectivity index (χ4v) is 5.37. The van der Waals surface area contributed by atoms with Crippen LogP contribution in [0.3, 0.4) is 0 Å². The Kier molecular flexibility index (Phi) is 31.4. The summed E-state index contributed by atoms with van der Waals surface area (Å²) in [5.41, 5.74) is 0. The number of ether oxygens (including phenoxy) is 2. The molecule has 0 spiro atoms. The number of carbonyl (C=O) groups is 2. The number of allylic oxidation sites excluding steroid dienone is 4. The van der Waals surface area contributed by atoms with Crippen LogP contribution < -0.4 is 0 Å². The van der Waals surface area contributed by atoms with Gasteiger partial charge in [-0.1, -0.05) is 147 Å². The predicted molar refractivity (Wildman–Crippen MR) is 184 cm³/mol. The molecule has 0 rings (SSSR count). The Morgan fingerprint density at radius 3 is 1.44 bits per heavy atom. The van der Waals surface area contributed by atoms with Crippen molar-refractivity contribution >= 4 is 19.8 Å². The number of phosphoric acid groups is 1. The van der Waals surface area contributed by atoms with E-state index in [0.717, 1.165) is 57.8 Å². The van der Waals surface area contributed by atoms with Crippen molar-refractivity contribution in [2.45, 2.75) is 180 Å². The van der Waals surface area contributed by atoms with E-state index in [0.29, 0.717) is 6.42 Å². The minimum Gasteiger partial charge on any atom is -0.462 e. The molecule has 0 radical (unpaired) electrons. The zero-order chi connectivity index (χ0) is 33.3. The summed E-state index contributed by atoms with van der Waals surface area (Å²) >= 11 is 0. The van der Waals surface area contributed by atoms with Crippen molar-refractivity contribution in [3.8, 4) is 0 Å². The molecule has 0 bridgehead atoms. The molecular formula is C36H67O8P. The molecule has 0 aliphatic carbocycles. The van der Waals surface area contributed by atoms with E-state index in [2.05, 4.69) is 42.7 Å². The number of phosphoric ester groups is 1. The Morgan fingerprint density at radius 2 is 0.978 bits per heavy atom. The standard InChI is InChI=1S/C36H67O8P/c1-3-5-7-9-11-13-15-17-18-19-21-23-25-27-29-31-36(38)44-34(33-43-45(39,40)41)32-42-35(37)30-28-26-24-22-20-16-14-12-10-8-6-4-2/h13,15,17-18,34H,3-12,14,16,19-33H2,1-2H3,(H2,39,40,41)/b15-13+,18-17+/t34-/m1/s1. The quantitative estimate of drug-likeness (QED) is 0.0309. The first-order valence-corrected chi connectivity index (χ1v) is 19.7. The highest BCUT2D eigenvalue weighted by molar-refractivity contribution is 7.46. The molecule has 0 heterocycles. The Balaban J connectivity index is 4.01. The summed E-state index contributed by atoms with van der Waals surface area (Å²) in [6, 6.07) is 0. The summed E-state index contributed by atoms with van der Waals surface area (Å²) in [4.78, 5) is 42.6. The Labute approximate surface area is 275 Å². The average molecular weight is 659 g/mol. The lowest BCUT2D eigenvalue weighted by atomic mass is 10.0. The normalized spacial score (nSPS) is 12.7. The van der Waals surface area contributed by atoms with E-state index >= 15 is 0 Å². The number of rotatable bonds is 33. The smallest absolute Gasteiger partial charge is 0.462 e. The van der Waals surface area contributed by atoms with Crippen molar-refractivity contribution in [3.05, 3.63) is 24.3 Å². The summed E-state index contributed by atoms with van der Waals surface area (Å²) in [6.07, 6.45) is 34.7. The maximum Gasteiger partial charge on any atom is 0.469 e. The highest BCUT2D eigenvalue weighted by atomic mass is 31.2. The fraction of sp³-hybridized carbons (Fsp3) is 0.833. The lowest BCUT2D eigenvalue weighted by Crippen LogP contribution is -2.29. The second kappa shape index (κ2) is 32.5. The van der Waals surface area contributed by atoms with E-state index in [4.69, 9.17) is 19.3 Å². The molecule has 0 amide bonds. The predicted octanol–water partition coefficient (Wildman–Crippen LogP) is 10.5. The summed E-state index contributed by atoms with van der Waals surface area (Å²) in [6.45, 7) is 3.63. The molecule has 0 unspecified atom stereocenters. The van der Waals surface area contributed by atoms with Crippen LogP contribution in [-0.4, -0.2) is 41.0 Å². The van der Waals surface area contributed by atoms with E-state index in [9.17, 15) is 14.2 Å². The number of hydrogen-bond acceptors (Lipinski definition) is 6. The summed E-state index contributed by atoms with van der Waals surface area (Å²) in [7, 11) is -4.75. The van der Waals surface area contributed by atoms with Crippen LogP contribution in [0.25, 0.3) is 0 Å². The zero-order valence-corrected chi connectivity index (χ0v) is 29.7. The molecule has 264 valence electrons. The van der Waals surface area contributed by atoms with Gasteiger partial charge in [-0.25, -0.2) is 4.57 Å². The molecular weight excluding hydrogens is 591 g/mol. The fourth-order valence-electron chi connectivity index (χ4n) is 5.01. The Bertz CT molecular complexity index is 792. The molecule has 0 fully saturated rings. The summed E-state index contributed by atoms with van der Waals surface area (Å²) in [5, 5.41) is 0. The molecule has 1 atom stereocenters. The van der Waals surface area contributed by atoms with E-state index in [1.54, 1.807) is 0 Å². The van der Waals surface area contributed by atoms with Crippen LogP contribution in [0.4, 0.5) is 0 Å². The average Bonchev–Trinajstić information content (AvgIpc) is 3.00. The van der Waals surface area contributed by atoms with Gasteiger partial charge in [0.05, 0.1) is 6.61 Å². The van der Waals surface area contributed by atoms with Crippen LogP contribution in [0, 0.1) is 0 Å². The minimum absolute atomic E-state index is 0.197. The van der Waals surface area contributed by atoms with Crippen LogP contribution in [0.5, 0.6) is 0 Å². The minimum atomic E-state index is -4.75. The third-order valence-corrected chi connectivity index (χ3v) is 8.24. The van der Waals surface area contributed by atoms with Gasteiger partial charge in [0, 0.05) is 12.8 Å². The van der Waals surface area contributed by atoms with Crippen molar-refractivity contribution < 1.29 is 37.9 Å². The molecule has 0 aliphatic heterocycles. The molecule has 45 heavy (non-hydrogen) atoms. The lowest BCUT2D eigenvalue weighted by Gasteiger charge is -2.18. The lowest BCUT2D eigenvalue weighted by molar-refractivity contribution is -0.161. The van der Waals surface area contributed by atoms with Crippen LogP contribution >= 0.6 is 7.82 Å². The second-order valence-corrected chi connectivity index (χ2v) is 13.5. The maximum absolute atomic E-state index is 12.3. The van der Waals surface area contributed by atoms with Crippen molar-refractivity contribution in [2.75, 3.05) is 13.2 Å². The van der Waals surface area contributed by atoms with Gasteiger partial charge in [-0.3, -0.25) is 14.1 Å². The van der Waals surface area contributed by atoms with E-state index < -0.39 is 32.5 Å². The van der Waals surface area contributed by atoms with Gasteiger partial charge in [0.2, 0.25) is 0 Å². The van der Waals surface area contributed by atoms with Gasteiger partial charge in [0.1, 0.15) is 6.61 Å². The second-order valence-electron chi connectivity index (χ2n) is 12.2. The van der Waals surface area contributed by atoms with Gasteiger partial charge in [-0.15, -0.1) is 0 Å². The molecule has 2 N–H and O–H groups in total. The van der Waals surface area contributed by atoms with Crippen LogP contribution in [0.1, 0.15) is 174 Å². The molecule has 0 aliphatic rings. The number of carbonyl (C=O) groups excluding carboxylic acids is 2. The Hall–Kier alpha value is -1.47. The molecule has 0 saturated carbocycles. The van der Waals surface area contributed by atoms with E-state index in [1.165, 1.54) is 83.5 Å². The van der Waals surface area contributed by atoms with E-state index in [-0.39, 0.29) is 19.4 Å². The first kappa shape index (κ1) is 43.5. The van der Waals surface area contributed by atoms with Crippen LogP contribution in [0.2, 0.25) is 0 Å². The van der Waals surface area contributed by atoms with Gasteiger partial charge in [-0.05, 0) is 38.5 Å². The van der Waals surface area contributed by atoms with E-state index in [1.807, 2.05) is 0 Å². The molecule has 0 aromatic carbocycles. The maximum atomic E-state index is 12.3. The molecule has 9 heteroatoms. The first-order chi connectivity index (χ1) is 21.8. The van der Waals surface area contributed by atoms with Gasteiger partial charge >= 0.3 is 19.8 Å². The van der Waals surface area contributed by atoms with Crippen molar-refractivity contribution in [2.24, 2.45) is 0 Å². The van der Waals surface area contributed by atoms with Gasteiger partial charge in [0.15, 0.2) is 6.10 Å². The highest BCUT2D eigenvalue weighted by Crippen LogP contribution is 2.36. The van der Waals surface area contributed by atoms with Gasteiger partial charge in [-0.2, -0.15) is 0 Å². The number of esters is 2. The summed E-state index contributed by atoms with van der Waals surface area (Å²) < 4.78 is 26.2. The highest BCUT2D eigenvalue weighted by Gasteiger charge is 2.22. The largest absolute Gasteiger partial charge is 0.469 e. The van der Waals surface area contributed by atoms with Crippen molar-refractivity contribution in [3.63, 3.8) is 0 Å². The third kappa shape index (κ3) is 35.2. The molecule has 0 aromatic heterocycles. The van der Waals surface area contributed by atoms with Crippen LogP contribution in [0.15, 0.2) is 24.3 Å². The van der Waals surface area contributed by atoms with Gasteiger partial charge < -0.3 is 19.3 Å². The van der Waals surface area contributed by atoms with Crippen molar-refractivity contribution in [1.82, 2.24) is 0 Å². The number of hydrogen-bond donors (Lipinski definition) is 2. The zero-order valence-electron chi connectivity index (χ0n) is 28.8. The molecule has 8 nitrogen and oxygen atoms in total. The molecule has 0 aromatic rings. The third-order valence-electron chi connectivity index (χ3n) is 7.75. The van der Waals surface area contributed by atoms with Crippen LogP contribution in [-0.2, 0) is 28.2 Å². The first-order valence-electron chi connectivity index (χ1n) is 18.1.